The molecule has 0 aliphatic carbocycles. The molecule has 3 aromatic rings. The second kappa shape index (κ2) is 11.3. The molecule has 3 aromatic carbocycles. The maximum absolute atomic E-state index is 12.4. The number of amides is 1. The van der Waals surface area contributed by atoms with Crippen molar-refractivity contribution in [2.75, 3.05) is 26.9 Å². The molecular weight excluding hydrogens is 398 g/mol. The molecular formula is C24H23NO6. The molecule has 7 heteroatoms. The van der Waals surface area contributed by atoms with Crippen molar-refractivity contribution in [2.24, 2.45) is 0 Å². The normalized spacial score (nSPS) is 10.1. The highest BCUT2D eigenvalue weighted by Crippen LogP contribution is 2.26. The maximum atomic E-state index is 12.4. The summed E-state index contributed by atoms with van der Waals surface area (Å²) in [6.07, 6.45) is 0. The first kappa shape index (κ1) is 21.7. The van der Waals surface area contributed by atoms with Crippen LogP contribution in [0, 0.1) is 0 Å². The Hall–Kier alpha value is -4.00. The van der Waals surface area contributed by atoms with Crippen LogP contribution in [0.1, 0.15) is 10.4 Å². The summed E-state index contributed by atoms with van der Waals surface area (Å²) in [7, 11) is 1.56. The summed E-state index contributed by atoms with van der Waals surface area (Å²) in [5, 5.41) is 2.64. The Labute approximate surface area is 180 Å². The summed E-state index contributed by atoms with van der Waals surface area (Å²) < 4.78 is 21.7. The van der Waals surface area contributed by atoms with Gasteiger partial charge in [0.25, 0.3) is 5.91 Å². The molecule has 0 bridgehead atoms. The number of benzene rings is 3. The van der Waals surface area contributed by atoms with Crippen LogP contribution < -0.4 is 19.5 Å². The Balaban J connectivity index is 1.45. The molecule has 0 spiro atoms. The zero-order chi connectivity index (χ0) is 21.9. The molecule has 0 unspecified atom stereocenters. The molecule has 0 radical (unpaired) electrons. The van der Waals surface area contributed by atoms with Crippen LogP contribution in [0.15, 0.2) is 78.9 Å². The van der Waals surface area contributed by atoms with Gasteiger partial charge in [-0.05, 0) is 36.4 Å². The number of carbonyl (C=O) groups excluding carboxylic acids is 2. The van der Waals surface area contributed by atoms with E-state index in [9.17, 15) is 9.59 Å². The third-order valence-electron chi connectivity index (χ3n) is 4.16. The first-order chi connectivity index (χ1) is 15.2. The van der Waals surface area contributed by atoms with E-state index in [1.807, 2.05) is 30.3 Å². The highest BCUT2D eigenvalue weighted by Gasteiger charge is 2.16. The van der Waals surface area contributed by atoms with E-state index >= 15 is 0 Å². The minimum absolute atomic E-state index is 0.235. The Morgan fingerprint density at radius 3 is 2.19 bits per heavy atom. The minimum Gasteiger partial charge on any atom is -0.493 e. The molecule has 0 aliphatic heterocycles. The fourth-order valence-electron chi connectivity index (χ4n) is 2.69. The smallest absolute Gasteiger partial charge is 0.342 e. The van der Waals surface area contributed by atoms with E-state index < -0.39 is 18.5 Å². The van der Waals surface area contributed by atoms with Crippen molar-refractivity contribution < 1.29 is 28.5 Å². The molecule has 0 saturated heterocycles. The van der Waals surface area contributed by atoms with Crippen molar-refractivity contribution in [3.8, 4) is 23.0 Å². The molecule has 3 rings (SSSR count). The fraction of sp³-hybridized carbons (Fsp3) is 0.167. The second-order valence-corrected chi connectivity index (χ2v) is 6.34. The molecule has 0 fully saturated rings. The number of rotatable bonds is 10. The van der Waals surface area contributed by atoms with E-state index in [1.165, 1.54) is 0 Å². The molecule has 7 nitrogen and oxygen atoms in total. The summed E-state index contributed by atoms with van der Waals surface area (Å²) in [6, 6.07) is 23.0. The SMILES string of the molecule is COc1ccccc1OCCNC(=O)COC(=O)c1ccccc1Oc1ccccc1. The summed E-state index contributed by atoms with van der Waals surface area (Å²) in [5.74, 6) is 1.06. The van der Waals surface area contributed by atoms with Gasteiger partial charge in [-0.2, -0.15) is 0 Å². The van der Waals surface area contributed by atoms with Gasteiger partial charge in [-0.3, -0.25) is 4.79 Å². The topological polar surface area (TPSA) is 83.1 Å². The van der Waals surface area contributed by atoms with Crippen molar-refractivity contribution >= 4 is 11.9 Å². The minimum atomic E-state index is -0.646. The Bertz CT molecular complexity index is 1010. The summed E-state index contributed by atoms with van der Waals surface area (Å²) in [6.45, 7) is 0.0864. The Kier molecular flexibility index (Phi) is 7.88. The lowest BCUT2D eigenvalue weighted by Gasteiger charge is -2.12. The quantitative estimate of drug-likeness (QED) is 0.396. The van der Waals surface area contributed by atoms with E-state index in [2.05, 4.69) is 5.32 Å². The van der Waals surface area contributed by atoms with Crippen molar-refractivity contribution in [1.82, 2.24) is 5.32 Å². The van der Waals surface area contributed by atoms with Gasteiger partial charge in [-0.1, -0.05) is 42.5 Å². The van der Waals surface area contributed by atoms with Crippen LogP contribution in [0.25, 0.3) is 0 Å². The van der Waals surface area contributed by atoms with Crippen LogP contribution in [0.3, 0.4) is 0 Å². The number of carbonyl (C=O) groups is 2. The van der Waals surface area contributed by atoms with Gasteiger partial charge in [0.1, 0.15) is 23.7 Å². The van der Waals surface area contributed by atoms with Crippen LogP contribution in [0.5, 0.6) is 23.0 Å². The Morgan fingerprint density at radius 2 is 1.45 bits per heavy atom. The van der Waals surface area contributed by atoms with Crippen molar-refractivity contribution in [1.29, 1.82) is 0 Å². The molecule has 1 N–H and O–H groups in total. The Morgan fingerprint density at radius 1 is 0.806 bits per heavy atom. The molecule has 0 atom stereocenters. The van der Waals surface area contributed by atoms with E-state index in [1.54, 1.807) is 55.6 Å². The van der Waals surface area contributed by atoms with Gasteiger partial charge in [0, 0.05) is 0 Å². The number of para-hydroxylation sites is 4. The lowest BCUT2D eigenvalue weighted by molar-refractivity contribution is -0.124. The van der Waals surface area contributed by atoms with Crippen LogP contribution in [-0.2, 0) is 9.53 Å². The van der Waals surface area contributed by atoms with Crippen LogP contribution in [-0.4, -0.2) is 38.7 Å². The van der Waals surface area contributed by atoms with E-state index in [0.717, 1.165) is 0 Å². The molecule has 0 saturated carbocycles. The van der Waals surface area contributed by atoms with Crippen molar-refractivity contribution in [3.05, 3.63) is 84.4 Å². The lowest BCUT2D eigenvalue weighted by atomic mass is 10.2. The number of nitrogens with one attached hydrogen (secondary N) is 1. The van der Waals surface area contributed by atoms with E-state index in [-0.39, 0.29) is 18.7 Å². The third-order valence-corrected chi connectivity index (χ3v) is 4.16. The predicted molar refractivity (Wildman–Crippen MR) is 115 cm³/mol. The van der Waals surface area contributed by atoms with Crippen molar-refractivity contribution in [2.45, 2.75) is 0 Å². The van der Waals surface area contributed by atoms with E-state index in [0.29, 0.717) is 23.0 Å². The predicted octanol–water partition coefficient (Wildman–Crippen LogP) is 3.84. The van der Waals surface area contributed by atoms with Gasteiger partial charge < -0.3 is 24.3 Å². The average Bonchev–Trinajstić information content (AvgIpc) is 2.81. The number of esters is 1. The summed E-state index contributed by atoms with van der Waals surface area (Å²) in [4.78, 5) is 24.4. The number of hydrogen-bond donors (Lipinski definition) is 1. The number of ether oxygens (including phenoxy) is 4. The lowest BCUT2D eigenvalue weighted by Crippen LogP contribution is -2.32. The number of methoxy groups -OCH3 is 1. The molecule has 160 valence electrons. The molecule has 0 heterocycles. The zero-order valence-electron chi connectivity index (χ0n) is 17.1. The molecule has 0 aliphatic rings. The number of hydrogen-bond acceptors (Lipinski definition) is 6. The first-order valence-corrected chi connectivity index (χ1v) is 9.69. The van der Waals surface area contributed by atoms with Gasteiger partial charge in [0.2, 0.25) is 0 Å². The molecule has 31 heavy (non-hydrogen) atoms. The van der Waals surface area contributed by atoms with Gasteiger partial charge >= 0.3 is 5.97 Å². The van der Waals surface area contributed by atoms with Gasteiger partial charge in [0.15, 0.2) is 18.1 Å². The average molecular weight is 421 g/mol. The first-order valence-electron chi connectivity index (χ1n) is 9.69. The highest BCUT2D eigenvalue weighted by atomic mass is 16.5. The molecule has 1 amide bonds. The van der Waals surface area contributed by atoms with Gasteiger partial charge in [-0.25, -0.2) is 4.79 Å². The summed E-state index contributed by atoms with van der Waals surface area (Å²) >= 11 is 0. The maximum Gasteiger partial charge on any atom is 0.342 e. The largest absolute Gasteiger partial charge is 0.493 e. The van der Waals surface area contributed by atoms with Gasteiger partial charge in [0.05, 0.1) is 13.7 Å². The standard InChI is InChI=1S/C24H23NO6/c1-28-21-13-7-8-14-22(21)29-16-15-25-23(26)17-30-24(27)19-11-5-6-12-20(19)31-18-9-3-2-4-10-18/h2-14H,15-17H2,1H3,(H,25,26). The zero-order valence-corrected chi connectivity index (χ0v) is 17.1. The van der Waals surface area contributed by atoms with Crippen LogP contribution >= 0.6 is 0 Å². The molecule has 0 aromatic heterocycles. The summed E-state index contributed by atoms with van der Waals surface area (Å²) in [5.41, 5.74) is 0.235. The monoisotopic (exact) mass is 421 g/mol. The van der Waals surface area contributed by atoms with Gasteiger partial charge in [-0.15, -0.1) is 0 Å². The third kappa shape index (κ3) is 6.50. The van der Waals surface area contributed by atoms with E-state index in [4.69, 9.17) is 18.9 Å². The second-order valence-electron chi connectivity index (χ2n) is 6.34. The fourth-order valence-corrected chi connectivity index (χ4v) is 2.69. The van der Waals surface area contributed by atoms with Crippen molar-refractivity contribution in [3.63, 3.8) is 0 Å². The van der Waals surface area contributed by atoms with Crippen LogP contribution in [0.4, 0.5) is 0 Å². The van der Waals surface area contributed by atoms with Crippen LogP contribution in [0.2, 0.25) is 0 Å². The highest BCUT2D eigenvalue weighted by molar-refractivity contribution is 5.94.